The third-order valence-electron chi connectivity index (χ3n) is 4.59. The molecule has 2 fully saturated rings. The molecular weight excluding hydrogens is 296 g/mol. The summed E-state index contributed by atoms with van der Waals surface area (Å²) in [6, 6.07) is 4.87. The smallest absolute Gasteiger partial charge is 0.320 e. The Balaban J connectivity index is 1.64. The van der Waals surface area contributed by atoms with E-state index in [9.17, 15) is 14.7 Å². The largest absolute Gasteiger partial charge is 0.507 e. The van der Waals surface area contributed by atoms with E-state index in [0.29, 0.717) is 18.6 Å². The molecule has 2 heterocycles. The molecule has 1 atom stereocenters. The van der Waals surface area contributed by atoms with Gasteiger partial charge < -0.3 is 19.6 Å². The number of hydrogen-bond acceptors (Lipinski definition) is 4. The zero-order chi connectivity index (χ0) is 16.2. The van der Waals surface area contributed by atoms with E-state index in [1.807, 2.05) is 9.80 Å². The fraction of sp³-hybridized carbons (Fsp3) is 0.529. The van der Waals surface area contributed by atoms with Crippen molar-refractivity contribution in [2.75, 3.05) is 26.2 Å². The van der Waals surface area contributed by atoms with Gasteiger partial charge in [0.2, 0.25) is 0 Å². The molecule has 1 N–H and O–H groups in total. The van der Waals surface area contributed by atoms with Crippen molar-refractivity contribution in [1.82, 2.24) is 9.80 Å². The van der Waals surface area contributed by atoms with Crippen molar-refractivity contribution in [3.8, 4) is 11.5 Å². The number of hydrogen-bond donors (Lipinski definition) is 1. The molecule has 2 saturated heterocycles. The molecule has 1 aromatic rings. The normalized spacial score (nSPS) is 20.8. The van der Waals surface area contributed by atoms with Crippen molar-refractivity contribution in [3.05, 3.63) is 23.8 Å². The third kappa shape index (κ3) is 3.25. The van der Waals surface area contributed by atoms with E-state index < -0.39 is 0 Å². The molecule has 2 aliphatic heterocycles. The first kappa shape index (κ1) is 15.6. The predicted molar refractivity (Wildman–Crippen MR) is 84.9 cm³/mol. The number of carbonyl (C=O) groups excluding carboxylic acids is 2. The number of carbonyl (C=O) groups is 2. The van der Waals surface area contributed by atoms with Crippen LogP contribution in [0.3, 0.4) is 0 Å². The number of phenols is 1. The van der Waals surface area contributed by atoms with Gasteiger partial charge in [0.05, 0.1) is 11.6 Å². The van der Waals surface area contributed by atoms with Gasteiger partial charge in [0.25, 0.3) is 0 Å². The second-order valence-electron chi connectivity index (χ2n) is 6.08. The van der Waals surface area contributed by atoms with Gasteiger partial charge in [-0.3, -0.25) is 4.79 Å². The average Bonchev–Trinajstić information content (AvgIpc) is 3.23. The summed E-state index contributed by atoms with van der Waals surface area (Å²) in [7, 11) is 0. The molecule has 0 radical (unpaired) electrons. The Labute approximate surface area is 135 Å². The molecule has 1 aromatic carbocycles. The predicted octanol–water partition coefficient (Wildman–Crippen LogP) is 2.26. The molecule has 0 aliphatic carbocycles. The zero-order valence-electron chi connectivity index (χ0n) is 13.1. The van der Waals surface area contributed by atoms with E-state index in [1.165, 1.54) is 6.07 Å². The Morgan fingerprint density at radius 1 is 1.26 bits per heavy atom. The van der Waals surface area contributed by atoms with Crippen LogP contribution < -0.4 is 4.74 Å². The summed E-state index contributed by atoms with van der Waals surface area (Å²) < 4.78 is 5.73. The van der Waals surface area contributed by atoms with E-state index in [1.54, 1.807) is 12.1 Å². The molecule has 124 valence electrons. The van der Waals surface area contributed by atoms with Crippen LogP contribution in [0.1, 0.15) is 36.0 Å². The SMILES string of the molecule is O=Cc1c(O)cccc1OCC1CCCN1C(=O)N1CCCC1. The quantitative estimate of drug-likeness (QED) is 0.865. The molecule has 1 unspecified atom stereocenters. The van der Waals surface area contributed by atoms with Crippen molar-refractivity contribution in [2.24, 2.45) is 0 Å². The lowest BCUT2D eigenvalue weighted by Crippen LogP contribution is -2.46. The number of aromatic hydroxyl groups is 1. The number of nitrogens with zero attached hydrogens (tertiary/aromatic N) is 2. The van der Waals surface area contributed by atoms with Crippen molar-refractivity contribution in [1.29, 1.82) is 0 Å². The topological polar surface area (TPSA) is 70.1 Å². The number of benzene rings is 1. The molecule has 0 aromatic heterocycles. The third-order valence-corrected chi connectivity index (χ3v) is 4.59. The highest BCUT2D eigenvalue weighted by Gasteiger charge is 2.33. The summed E-state index contributed by atoms with van der Waals surface area (Å²) in [6.07, 6.45) is 4.61. The lowest BCUT2D eigenvalue weighted by atomic mass is 10.2. The molecule has 6 nitrogen and oxygen atoms in total. The first-order valence-corrected chi connectivity index (χ1v) is 8.16. The van der Waals surface area contributed by atoms with Gasteiger partial charge >= 0.3 is 6.03 Å². The van der Waals surface area contributed by atoms with E-state index in [4.69, 9.17) is 4.74 Å². The summed E-state index contributed by atoms with van der Waals surface area (Å²) in [5.74, 6) is 0.273. The molecule has 6 heteroatoms. The van der Waals surface area contributed by atoms with E-state index in [-0.39, 0.29) is 23.4 Å². The highest BCUT2D eigenvalue weighted by Crippen LogP contribution is 2.27. The summed E-state index contributed by atoms with van der Waals surface area (Å²) in [5.41, 5.74) is 0.155. The molecule has 0 bridgehead atoms. The highest BCUT2D eigenvalue weighted by molar-refractivity contribution is 5.83. The van der Waals surface area contributed by atoms with Crippen LogP contribution in [0.5, 0.6) is 11.5 Å². The van der Waals surface area contributed by atoms with Gasteiger partial charge in [-0.2, -0.15) is 0 Å². The van der Waals surface area contributed by atoms with Crippen molar-refractivity contribution < 1.29 is 19.4 Å². The fourth-order valence-corrected chi connectivity index (χ4v) is 3.31. The molecule has 3 rings (SSSR count). The molecule has 2 aliphatic rings. The minimum atomic E-state index is -0.0890. The molecular formula is C17H22N2O4. The summed E-state index contributed by atoms with van der Waals surface area (Å²) in [4.78, 5) is 27.4. The number of ether oxygens (including phenoxy) is 1. The monoisotopic (exact) mass is 318 g/mol. The Morgan fingerprint density at radius 3 is 2.78 bits per heavy atom. The highest BCUT2D eigenvalue weighted by atomic mass is 16.5. The lowest BCUT2D eigenvalue weighted by Gasteiger charge is -2.29. The number of likely N-dealkylation sites (tertiary alicyclic amines) is 2. The second-order valence-corrected chi connectivity index (χ2v) is 6.08. The number of urea groups is 1. The molecule has 23 heavy (non-hydrogen) atoms. The van der Waals surface area contributed by atoms with Gasteiger partial charge in [0.1, 0.15) is 18.1 Å². The average molecular weight is 318 g/mol. The van der Waals surface area contributed by atoms with Gasteiger partial charge in [0.15, 0.2) is 6.29 Å². The number of phenolic OH excluding ortho intramolecular Hbond substituents is 1. The van der Waals surface area contributed by atoms with Crippen LogP contribution in [0, 0.1) is 0 Å². The maximum Gasteiger partial charge on any atom is 0.320 e. The van der Waals surface area contributed by atoms with Crippen LogP contribution in [-0.2, 0) is 0 Å². The summed E-state index contributed by atoms with van der Waals surface area (Å²) in [6.45, 7) is 2.77. The summed E-state index contributed by atoms with van der Waals surface area (Å²) in [5, 5.41) is 9.68. The first-order valence-electron chi connectivity index (χ1n) is 8.16. The molecule has 0 spiro atoms. The first-order chi connectivity index (χ1) is 11.2. The van der Waals surface area contributed by atoms with Crippen molar-refractivity contribution >= 4 is 12.3 Å². The maximum absolute atomic E-state index is 12.5. The lowest BCUT2D eigenvalue weighted by molar-refractivity contribution is 0.111. The molecule has 2 amide bonds. The van der Waals surface area contributed by atoms with Crippen LogP contribution >= 0.6 is 0 Å². The Morgan fingerprint density at radius 2 is 2.04 bits per heavy atom. The van der Waals surface area contributed by atoms with Gasteiger partial charge in [-0.1, -0.05) is 6.07 Å². The van der Waals surface area contributed by atoms with E-state index in [2.05, 4.69) is 0 Å². The van der Waals surface area contributed by atoms with Crippen LogP contribution in [0.25, 0.3) is 0 Å². The van der Waals surface area contributed by atoms with Crippen LogP contribution in [0.2, 0.25) is 0 Å². The number of rotatable bonds is 4. The van der Waals surface area contributed by atoms with Gasteiger partial charge in [0, 0.05) is 19.6 Å². The van der Waals surface area contributed by atoms with E-state index in [0.717, 1.165) is 45.3 Å². The van der Waals surface area contributed by atoms with Crippen molar-refractivity contribution in [3.63, 3.8) is 0 Å². The van der Waals surface area contributed by atoms with Crippen molar-refractivity contribution in [2.45, 2.75) is 31.7 Å². The van der Waals surface area contributed by atoms with Crippen LogP contribution in [0.15, 0.2) is 18.2 Å². The minimum absolute atomic E-state index is 0.0185. The van der Waals surface area contributed by atoms with Gasteiger partial charge in [-0.05, 0) is 37.8 Å². The maximum atomic E-state index is 12.5. The molecule has 0 saturated carbocycles. The Hall–Kier alpha value is -2.24. The Kier molecular flexibility index (Phi) is 4.69. The zero-order valence-corrected chi connectivity index (χ0v) is 13.1. The fourth-order valence-electron chi connectivity index (χ4n) is 3.31. The van der Waals surface area contributed by atoms with Crippen LogP contribution in [0.4, 0.5) is 4.79 Å². The van der Waals surface area contributed by atoms with Gasteiger partial charge in [-0.15, -0.1) is 0 Å². The standard InChI is InChI=1S/C17H22N2O4/c20-11-14-15(21)6-3-7-16(14)23-12-13-5-4-10-19(13)17(22)18-8-1-2-9-18/h3,6-7,11,13,21H,1-2,4-5,8-10,12H2. The summed E-state index contributed by atoms with van der Waals surface area (Å²) >= 11 is 0. The Bertz CT molecular complexity index is 584. The number of aldehydes is 1. The van der Waals surface area contributed by atoms with Crippen LogP contribution in [-0.4, -0.2) is 59.5 Å². The van der Waals surface area contributed by atoms with Gasteiger partial charge in [-0.25, -0.2) is 4.79 Å². The van der Waals surface area contributed by atoms with E-state index >= 15 is 0 Å². The minimum Gasteiger partial charge on any atom is -0.507 e. The number of amides is 2. The second kappa shape index (κ2) is 6.89.